The zero-order valence-electron chi connectivity index (χ0n) is 9.05. The molecule has 0 aliphatic rings. The highest BCUT2D eigenvalue weighted by Gasteiger charge is 2.07. The molecule has 0 bridgehead atoms. The maximum Gasteiger partial charge on any atom is 0.335 e. The molecule has 1 heterocycles. The average molecular weight is 252 g/mol. The number of rotatable bonds is 1. The van der Waals surface area contributed by atoms with Gasteiger partial charge in [0.1, 0.15) is 0 Å². The fraction of sp³-hybridized carbons (Fsp3) is 0.0909. The summed E-state index contributed by atoms with van der Waals surface area (Å²) in [5, 5.41) is 0.353. The van der Waals surface area contributed by atoms with Gasteiger partial charge in [0.25, 0.3) is 5.56 Å². The molecular weight excluding hydrogens is 242 g/mol. The minimum Gasteiger partial charge on any atom is -0.399 e. The van der Waals surface area contributed by atoms with Crippen molar-refractivity contribution in [1.82, 2.24) is 9.13 Å². The molecule has 0 amide bonds. The number of hydrogen-bond acceptors (Lipinski definition) is 3. The quantitative estimate of drug-likeness (QED) is 0.761. The van der Waals surface area contributed by atoms with Gasteiger partial charge in [-0.25, -0.2) is 4.79 Å². The van der Waals surface area contributed by atoms with Crippen molar-refractivity contribution in [3.05, 3.63) is 56.3 Å². The zero-order valence-corrected chi connectivity index (χ0v) is 9.81. The van der Waals surface area contributed by atoms with Gasteiger partial charge in [0, 0.05) is 25.0 Å². The number of aromatic nitrogens is 2. The van der Waals surface area contributed by atoms with Gasteiger partial charge in [0.05, 0.1) is 10.7 Å². The van der Waals surface area contributed by atoms with E-state index in [2.05, 4.69) is 0 Å². The molecule has 0 atom stereocenters. The van der Waals surface area contributed by atoms with Gasteiger partial charge in [0.2, 0.25) is 0 Å². The summed E-state index contributed by atoms with van der Waals surface area (Å²) in [6.07, 6.45) is 1.39. The molecule has 0 saturated carbocycles. The van der Waals surface area contributed by atoms with E-state index in [1.165, 1.54) is 23.9 Å². The second-order valence-corrected chi connectivity index (χ2v) is 3.98. The third-order valence-electron chi connectivity index (χ3n) is 2.42. The molecule has 0 fully saturated rings. The largest absolute Gasteiger partial charge is 0.399 e. The van der Waals surface area contributed by atoms with E-state index in [0.717, 1.165) is 4.57 Å². The van der Waals surface area contributed by atoms with Crippen molar-refractivity contribution in [2.24, 2.45) is 7.05 Å². The van der Waals surface area contributed by atoms with Crippen LogP contribution in [0, 0.1) is 0 Å². The van der Waals surface area contributed by atoms with Gasteiger partial charge in [-0.1, -0.05) is 11.6 Å². The van der Waals surface area contributed by atoms with Crippen molar-refractivity contribution >= 4 is 17.3 Å². The fourth-order valence-corrected chi connectivity index (χ4v) is 1.75. The van der Waals surface area contributed by atoms with Crippen molar-refractivity contribution in [3.63, 3.8) is 0 Å². The van der Waals surface area contributed by atoms with Crippen LogP contribution >= 0.6 is 11.6 Å². The predicted molar refractivity (Wildman–Crippen MR) is 66.7 cm³/mol. The van der Waals surface area contributed by atoms with Gasteiger partial charge in [-0.05, 0) is 18.2 Å². The normalized spacial score (nSPS) is 10.5. The van der Waals surface area contributed by atoms with E-state index in [0.29, 0.717) is 16.4 Å². The van der Waals surface area contributed by atoms with Crippen LogP contribution in [-0.2, 0) is 7.05 Å². The molecule has 1 aromatic heterocycles. The van der Waals surface area contributed by atoms with E-state index < -0.39 is 5.69 Å². The minimum atomic E-state index is -0.454. The SMILES string of the molecule is Cn1c(=O)ccn(-c2ccc(N)cc2Cl)c1=O. The Hall–Kier alpha value is -2.01. The molecule has 1 aromatic carbocycles. The van der Waals surface area contributed by atoms with E-state index in [4.69, 9.17) is 17.3 Å². The van der Waals surface area contributed by atoms with Gasteiger partial charge in [-0.3, -0.25) is 13.9 Å². The maximum absolute atomic E-state index is 11.9. The van der Waals surface area contributed by atoms with Crippen LogP contribution in [0.3, 0.4) is 0 Å². The summed E-state index contributed by atoms with van der Waals surface area (Å²) in [7, 11) is 1.41. The van der Waals surface area contributed by atoms with Crippen LogP contribution in [0.25, 0.3) is 5.69 Å². The monoisotopic (exact) mass is 251 g/mol. The zero-order chi connectivity index (χ0) is 12.6. The molecule has 6 heteroatoms. The molecule has 0 spiro atoms. The number of nitrogen functional groups attached to an aromatic ring is 1. The first-order valence-corrected chi connectivity index (χ1v) is 5.22. The topological polar surface area (TPSA) is 70.0 Å². The Kier molecular flexibility index (Phi) is 2.77. The van der Waals surface area contributed by atoms with Crippen molar-refractivity contribution in [2.45, 2.75) is 0 Å². The Morgan fingerprint density at radius 2 is 1.94 bits per heavy atom. The standard InChI is InChI=1S/C11H10ClN3O2/c1-14-10(16)4-5-15(11(14)17)9-3-2-7(13)6-8(9)12/h2-6H,13H2,1H3. The van der Waals surface area contributed by atoms with E-state index in [1.54, 1.807) is 18.2 Å². The van der Waals surface area contributed by atoms with Crippen LogP contribution in [-0.4, -0.2) is 9.13 Å². The van der Waals surface area contributed by atoms with E-state index in [1.807, 2.05) is 0 Å². The van der Waals surface area contributed by atoms with Crippen molar-refractivity contribution in [3.8, 4) is 5.69 Å². The third-order valence-corrected chi connectivity index (χ3v) is 2.72. The first-order chi connectivity index (χ1) is 8.00. The summed E-state index contributed by atoms with van der Waals surface area (Å²) in [5.74, 6) is 0. The predicted octanol–water partition coefficient (Wildman–Crippen LogP) is 0.772. The van der Waals surface area contributed by atoms with Crippen LogP contribution in [0.2, 0.25) is 5.02 Å². The van der Waals surface area contributed by atoms with Crippen molar-refractivity contribution in [1.29, 1.82) is 0 Å². The molecule has 0 saturated heterocycles. The Labute approximate surface area is 102 Å². The van der Waals surface area contributed by atoms with Crippen LogP contribution in [0.1, 0.15) is 0 Å². The lowest BCUT2D eigenvalue weighted by molar-refractivity contribution is 0.728. The van der Waals surface area contributed by atoms with Gasteiger partial charge in [-0.15, -0.1) is 0 Å². The highest BCUT2D eigenvalue weighted by molar-refractivity contribution is 6.32. The van der Waals surface area contributed by atoms with Crippen LogP contribution < -0.4 is 17.0 Å². The molecule has 2 N–H and O–H groups in total. The van der Waals surface area contributed by atoms with Crippen molar-refractivity contribution in [2.75, 3.05) is 5.73 Å². The Morgan fingerprint density at radius 3 is 2.59 bits per heavy atom. The van der Waals surface area contributed by atoms with Gasteiger partial charge >= 0.3 is 5.69 Å². The first kappa shape index (κ1) is 11.5. The summed E-state index contributed by atoms with van der Waals surface area (Å²) in [6, 6.07) is 6.12. The Bertz CT molecular complexity index is 688. The van der Waals surface area contributed by atoms with E-state index in [9.17, 15) is 9.59 Å². The lowest BCUT2D eigenvalue weighted by Gasteiger charge is -2.09. The molecule has 0 aliphatic carbocycles. The number of nitrogens with zero attached hydrogens (tertiary/aromatic N) is 2. The fourth-order valence-electron chi connectivity index (χ4n) is 1.47. The molecule has 2 rings (SSSR count). The van der Waals surface area contributed by atoms with Gasteiger partial charge in [-0.2, -0.15) is 0 Å². The summed E-state index contributed by atoms with van der Waals surface area (Å²) < 4.78 is 2.30. The second kappa shape index (κ2) is 4.10. The Morgan fingerprint density at radius 1 is 1.24 bits per heavy atom. The summed E-state index contributed by atoms with van der Waals surface area (Å²) >= 11 is 6.00. The summed E-state index contributed by atoms with van der Waals surface area (Å²) in [6.45, 7) is 0. The first-order valence-electron chi connectivity index (χ1n) is 4.85. The molecular formula is C11H10ClN3O2. The number of hydrogen-bond donors (Lipinski definition) is 1. The van der Waals surface area contributed by atoms with Crippen LogP contribution in [0.5, 0.6) is 0 Å². The summed E-state index contributed by atoms with van der Waals surface area (Å²) in [4.78, 5) is 23.1. The lowest BCUT2D eigenvalue weighted by atomic mass is 10.3. The smallest absolute Gasteiger partial charge is 0.335 e. The molecule has 0 radical (unpaired) electrons. The van der Waals surface area contributed by atoms with Gasteiger partial charge in [0.15, 0.2) is 0 Å². The number of anilines is 1. The number of halogens is 1. The van der Waals surface area contributed by atoms with E-state index >= 15 is 0 Å². The summed E-state index contributed by atoms with van der Waals surface area (Å²) in [5.41, 5.74) is 5.75. The van der Waals surface area contributed by atoms with E-state index in [-0.39, 0.29) is 5.56 Å². The molecule has 2 aromatic rings. The van der Waals surface area contributed by atoms with Gasteiger partial charge < -0.3 is 5.73 Å². The molecule has 5 nitrogen and oxygen atoms in total. The molecule has 17 heavy (non-hydrogen) atoms. The number of benzene rings is 1. The maximum atomic E-state index is 11.9. The molecule has 0 unspecified atom stereocenters. The highest BCUT2D eigenvalue weighted by atomic mass is 35.5. The highest BCUT2D eigenvalue weighted by Crippen LogP contribution is 2.21. The second-order valence-electron chi connectivity index (χ2n) is 3.58. The number of nitrogens with two attached hydrogens (primary N) is 1. The minimum absolute atomic E-state index is 0.353. The molecule has 0 aliphatic heterocycles. The van der Waals surface area contributed by atoms with Crippen LogP contribution in [0.4, 0.5) is 5.69 Å². The Balaban J connectivity index is 2.74. The average Bonchev–Trinajstić information content (AvgIpc) is 2.28. The third kappa shape index (κ3) is 1.97. The van der Waals surface area contributed by atoms with Crippen molar-refractivity contribution < 1.29 is 0 Å². The molecule has 88 valence electrons. The van der Waals surface area contributed by atoms with Crippen LogP contribution in [0.15, 0.2) is 40.1 Å². The lowest BCUT2D eigenvalue weighted by Crippen LogP contribution is -2.36.